The van der Waals surface area contributed by atoms with Crippen LogP contribution in [-0.2, 0) is 11.2 Å². The van der Waals surface area contributed by atoms with E-state index in [2.05, 4.69) is 10.2 Å². The maximum absolute atomic E-state index is 12.5. The number of carbonyl (C=O) groups excluding carboxylic acids is 2. The molecule has 0 saturated carbocycles. The van der Waals surface area contributed by atoms with E-state index in [0.717, 1.165) is 16.9 Å². The Hall–Kier alpha value is -3.80. The number of hydrogen-bond donors (Lipinski definition) is 0. The molecule has 3 aromatic carbocycles. The average molecular weight is 415 g/mol. The molecule has 0 aliphatic carbocycles. The van der Waals surface area contributed by atoms with Gasteiger partial charge < -0.3 is 9.64 Å². The van der Waals surface area contributed by atoms with Gasteiger partial charge in [-0.1, -0.05) is 24.3 Å². The normalized spacial score (nSPS) is 10.8. The Morgan fingerprint density at radius 1 is 0.774 bits per heavy atom. The Labute approximate surface area is 182 Å². The fourth-order valence-electron chi connectivity index (χ4n) is 2.91. The van der Waals surface area contributed by atoms with Crippen LogP contribution in [0.25, 0.3) is 0 Å². The Bertz CT molecular complexity index is 1050. The van der Waals surface area contributed by atoms with Crippen molar-refractivity contribution in [2.75, 3.05) is 25.6 Å². The van der Waals surface area contributed by atoms with Crippen molar-refractivity contribution < 1.29 is 14.3 Å². The zero-order chi connectivity index (χ0) is 22.2. The lowest BCUT2D eigenvalue weighted by molar-refractivity contribution is 0.0526. The molecule has 0 heterocycles. The van der Waals surface area contributed by atoms with Crippen LogP contribution in [0.4, 0.5) is 17.1 Å². The van der Waals surface area contributed by atoms with Crippen LogP contribution in [0.2, 0.25) is 0 Å². The molecule has 0 aliphatic heterocycles. The summed E-state index contributed by atoms with van der Waals surface area (Å²) in [4.78, 5) is 26.3. The van der Waals surface area contributed by atoms with E-state index < -0.39 is 0 Å². The first-order valence-electron chi connectivity index (χ1n) is 10.0. The fourth-order valence-corrected chi connectivity index (χ4v) is 2.91. The van der Waals surface area contributed by atoms with Gasteiger partial charge in [0.1, 0.15) is 0 Å². The highest BCUT2D eigenvalue weighted by molar-refractivity contribution is 5.98. The van der Waals surface area contributed by atoms with Gasteiger partial charge in [0.2, 0.25) is 0 Å². The van der Waals surface area contributed by atoms with Crippen LogP contribution >= 0.6 is 0 Å². The third-order valence-corrected chi connectivity index (χ3v) is 4.67. The molecule has 0 unspecified atom stereocenters. The second-order valence-electron chi connectivity index (χ2n) is 7.18. The molecule has 158 valence electrons. The number of nitrogens with zero attached hydrogens (tertiary/aromatic N) is 3. The van der Waals surface area contributed by atoms with Crippen molar-refractivity contribution in [1.29, 1.82) is 0 Å². The second-order valence-corrected chi connectivity index (χ2v) is 7.18. The fraction of sp³-hybridized carbons (Fsp3) is 0.200. The molecule has 6 heteroatoms. The number of ether oxygens (including phenoxy) is 1. The quantitative estimate of drug-likeness (QED) is 0.266. The third kappa shape index (κ3) is 6.09. The molecule has 6 nitrogen and oxygen atoms in total. The van der Waals surface area contributed by atoms with Gasteiger partial charge in [-0.25, -0.2) is 4.79 Å². The van der Waals surface area contributed by atoms with Crippen molar-refractivity contribution in [3.63, 3.8) is 0 Å². The molecule has 0 fully saturated rings. The summed E-state index contributed by atoms with van der Waals surface area (Å²) >= 11 is 0. The highest BCUT2D eigenvalue weighted by atomic mass is 16.5. The summed E-state index contributed by atoms with van der Waals surface area (Å²) in [5, 5.41) is 8.51. The summed E-state index contributed by atoms with van der Waals surface area (Å²) in [5.41, 5.74) is 4.46. The number of azo groups is 1. The molecule has 31 heavy (non-hydrogen) atoms. The van der Waals surface area contributed by atoms with Gasteiger partial charge in [0, 0.05) is 31.8 Å². The van der Waals surface area contributed by atoms with Crippen molar-refractivity contribution in [1.82, 2.24) is 0 Å². The maximum Gasteiger partial charge on any atom is 0.338 e. The summed E-state index contributed by atoms with van der Waals surface area (Å²) in [6, 6.07) is 21.7. The Morgan fingerprint density at radius 2 is 1.29 bits per heavy atom. The van der Waals surface area contributed by atoms with Crippen LogP contribution in [0.5, 0.6) is 0 Å². The standard InChI is InChI=1S/C25H25N3O3/c1-4-31-25(30)20-9-7-19(8-10-20)24(29)17-18-5-11-21(12-6-18)26-27-22-13-15-23(16-14-22)28(2)3/h5-16H,4,17H2,1-3H3. The van der Waals surface area contributed by atoms with Crippen LogP contribution in [0.3, 0.4) is 0 Å². The molecule has 0 atom stereocenters. The SMILES string of the molecule is CCOC(=O)c1ccc(C(=O)Cc2ccc(N=Nc3ccc(N(C)C)cc3)cc2)cc1. The van der Waals surface area contributed by atoms with Crippen LogP contribution in [0.15, 0.2) is 83.0 Å². The number of hydrogen-bond acceptors (Lipinski definition) is 6. The van der Waals surface area contributed by atoms with E-state index in [1.165, 1.54) is 0 Å². The molecule has 3 rings (SSSR count). The predicted molar refractivity (Wildman–Crippen MR) is 122 cm³/mol. The number of carbonyl (C=O) groups is 2. The first kappa shape index (κ1) is 21.9. The second kappa shape index (κ2) is 10.3. The molecule has 3 aromatic rings. The summed E-state index contributed by atoms with van der Waals surface area (Å²) < 4.78 is 4.96. The van der Waals surface area contributed by atoms with E-state index in [1.54, 1.807) is 31.2 Å². The van der Waals surface area contributed by atoms with E-state index >= 15 is 0 Å². The van der Waals surface area contributed by atoms with E-state index in [-0.39, 0.29) is 18.2 Å². The zero-order valence-corrected chi connectivity index (χ0v) is 17.9. The first-order chi connectivity index (χ1) is 15.0. The van der Waals surface area contributed by atoms with Crippen molar-refractivity contribution in [3.05, 3.63) is 89.5 Å². The van der Waals surface area contributed by atoms with Crippen LogP contribution in [-0.4, -0.2) is 32.5 Å². The molecule has 0 N–H and O–H groups in total. The van der Waals surface area contributed by atoms with E-state index in [1.807, 2.05) is 67.5 Å². The van der Waals surface area contributed by atoms with Gasteiger partial charge in [0.05, 0.1) is 23.5 Å². The highest BCUT2D eigenvalue weighted by Crippen LogP contribution is 2.22. The monoisotopic (exact) mass is 415 g/mol. The van der Waals surface area contributed by atoms with Gasteiger partial charge in [-0.15, -0.1) is 0 Å². The van der Waals surface area contributed by atoms with Crippen molar-refractivity contribution in [2.24, 2.45) is 10.2 Å². The summed E-state index contributed by atoms with van der Waals surface area (Å²) in [6.45, 7) is 2.07. The number of esters is 1. The summed E-state index contributed by atoms with van der Waals surface area (Å²) in [5.74, 6) is -0.411. The lowest BCUT2D eigenvalue weighted by atomic mass is 10.0. The molecular formula is C25H25N3O3. The minimum atomic E-state index is -0.389. The molecule has 0 aliphatic rings. The number of ketones is 1. The summed E-state index contributed by atoms with van der Waals surface area (Å²) in [6.07, 6.45) is 0.266. The molecule has 0 amide bonds. The predicted octanol–water partition coefficient (Wildman–Crippen LogP) is 5.77. The number of Topliss-reactive ketones (excluding diaryl/α,β-unsaturated/α-hetero) is 1. The van der Waals surface area contributed by atoms with Crippen molar-refractivity contribution in [3.8, 4) is 0 Å². The van der Waals surface area contributed by atoms with Gasteiger partial charge in [-0.3, -0.25) is 4.79 Å². The van der Waals surface area contributed by atoms with E-state index in [9.17, 15) is 9.59 Å². The van der Waals surface area contributed by atoms with Crippen LogP contribution in [0, 0.1) is 0 Å². The molecule has 0 aromatic heterocycles. The third-order valence-electron chi connectivity index (χ3n) is 4.67. The molecule has 0 bridgehead atoms. The van der Waals surface area contributed by atoms with Crippen LogP contribution < -0.4 is 4.90 Å². The topological polar surface area (TPSA) is 71.3 Å². The van der Waals surface area contributed by atoms with E-state index in [4.69, 9.17) is 4.74 Å². The van der Waals surface area contributed by atoms with Gasteiger partial charge in [0.25, 0.3) is 0 Å². The van der Waals surface area contributed by atoms with Crippen LogP contribution in [0.1, 0.15) is 33.2 Å². The van der Waals surface area contributed by atoms with Crippen molar-refractivity contribution in [2.45, 2.75) is 13.3 Å². The largest absolute Gasteiger partial charge is 0.462 e. The Balaban J connectivity index is 1.59. The smallest absolute Gasteiger partial charge is 0.338 e. The van der Waals surface area contributed by atoms with Gasteiger partial charge >= 0.3 is 5.97 Å². The molecular weight excluding hydrogens is 390 g/mol. The minimum absolute atomic E-state index is 0.0224. The van der Waals surface area contributed by atoms with Gasteiger partial charge in [-0.05, 0) is 61.0 Å². The number of anilines is 1. The molecule has 0 radical (unpaired) electrons. The van der Waals surface area contributed by atoms with Gasteiger partial charge in [0.15, 0.2) is 5.78 Å². The molecule has 0 spiro atoms. The zero-order valence-electron chi connectivity index (χ0n) is 17.9. The van der Waals surface area contributed by atoms with Gasteiger partial charge in [-0.2, -0.15) is 10.2 Å². The first-order valence-corrected chi connectivity index (χ1v) is 10.0. The average Bonchev–Trinajstić information content (AvgIpc) is 2.79. The highest BCUT2D eigenvalue weighted by Gasteiger charge is 2.10. The Kier molecular flexibility index (Phi) is 7.27. The van der Waals surface area contributed by atoms with Crippen molar-refractivity contribution >= 4 is 28.8 Å². The van der Waals surface area contributed by atoms with E-state index in [0.29, 0.717) is 23.4 Å². The lowest BCUT2D eigenvalue weighted by Crippen LogP contribution is -2.07. The molecule has 0 saturated heterocycles. The maximum atomic E-state index is 12.5. The number of benzene rings is 3. The lowest BCUT2D eigenvalue weighted by Gasteiger charge is -2.11. The minimum Gasteiger partial charge on any atom is -0.462 e. The number of rotatable bonds is 8. The Morgan fingerprint density at radius 3 is 1.81 bits per heavy atom. The summed E-state index contributed by atoms with van der Waals surface area (Å²) in [7, 11) is 3.97.